The number of amides is 2. The number of rotatable bonds is 5. The first-order valence-corrected chi connectivity index (χ1v) is 9.55. The fourth-order valence-electron chi connectivity index (χ4n) is 3.59. The average molecular weight is 384 g/mol. The number of ether oxygens (including phenoxy) is 1. The SMILES string of the molecule is CC1CCCC(C)N1C(=O)COc1ccc(C(=O)Nc2ccccc2F)cc1. The summed E-state index contributed by atoms with van der Waals surface area (Å²) < 4.78 is 19.3. The molecule has 2 amide bonds. The zero-order chi connectivity index (χ0) is 20.1. The lowest BCUT2D eigenvalue weighted by Crippen LogP contribution is -2.49. The number of halogens is 1. The van der Waals surface area contributed by atoms with Gasteiger partial charge in [0.15, 0.2) is 6.61 Å². The second kappa shape index (κ2) is 8.87. The smallest absolute Gasteiger partial charge is 0.260 e. The maximum Gasteiger partial charge on any atom is 0.260 e. The van der Waals surface area contributed by atoms with Crippen LogP contribution < -0.4 is 10.1 Å². The van der Waals surface area contributed by atoms with Gasteiger partial charge in [0.05, 0.1) is 5.69 Å². The van der Waals surface area contributed by atoms with E-state index in [4.69, 9.17) is 4.74 Å². The van der Waals surface area contributed by atoms with Crippen LogP contribution in [0.1, 0.15) is 43.5 Å². The van der Waals surface area contributed by atoms with Crippen molar-refractivity contribution in [1.82, 2.24) is 4.90 Å². The third-order valence-electron chi connectivity index (χ3n) is 5.08. The molecule has 2 atom stereocenters. The monoisotopic (exact) mass is 384 g/mol. The van der Waals surface area contributed by atoms with Gasteiger partial charge >= 0.3 is 0 Å². The maximum atomic E-state index is 13.6. The van der Waals surface area contributed by atoms with Crippen LogP contribution in [0.15, 0.2) is 48.5 Å². The summed E-state index contributed by atoms with van der Waals surface area (Å²) in [6.07, 6.45) is 3.17. The second-order valence-electron chi connectivity index (χ2n) is 7.18. The summed E-state index contributed by atoms with van der Waals surface area (Å²) in [4.78, 5) is 26.6. The lowest BCUT2D eigenvalue weighted by atomic mass is 9.97. The number of nitrogens with one attached hydrogen (secondary N) is 1. The fourth-order valence-corrected chi connectivity index (χ4v) is 3.59. The van der Waals surface area contributed by atoms with E-state index in [2.05, 4.69) is 19.2 Å². The maximum absolute atomic E-state index is 13.6. The van der Waals surface area contributed by atoms with Gasteiger partial charge in [0.1, 0.15) is 11.6 Å². The van der Waals surface area contributed by atoms with Gasteiger partial charge in [0.25, 0.3) is 11.8 Å². The standard InChI is InChI=1S/C22H25FN2O3/c1-15-6-5-7-16(2)25(15)21(26)14-28-18-12-10-17(11-13-18)22(27)24-20-9-4-3-8-19(20)23/h3-4,8-13,15-16H,5-7,14H2,1-2H3,(H,24,27). The van der Waals surface area contributed by atoms with Crippen LogP contribution in [0, 0.1) is 5.82 Å². The molecule has 0 spiro atoms. The number of benzene rings is 2. The Morgan fingerprint density at radius 1 is 1.07 bits per heavy atom. The molecule has 0 bridgehead atoms. The number of nitrogens with zero attached hydrogens (tertiary/aromatic N) is 1. The summed E-state index contributed by atoms with van der Waals surface area (Å²) in [7, 11) is 0. The molecule has 1 N–H and O–H groups in total. The summed E-state index contributed by atoms with van der Waals surface area (Å²) in [5, 5.41) is 2.53. The Bertz CT molecular complexity index is 828. The number of para-hydroxylation sites is 1. The predicted molar refractivity (Wildman–Crippen MR) is 106 cm³/mol. The molecule has 0 radical (unpaired) electrons. The average Bonchev–Trinajstić information content (AvgIpc) is 2.68. The van der Waals surface area contributed by atoms with E-state index in [1.54, 1.807) is 36.4 Å². The number of carbonyl (C=O) groups excluding carboxylic acids is 2. The van der Waals surface area contributed by atoms with E-state index >= 15 is 0 Å². The van der Waals surface area contributed by atoms with Crippen molar-refractivity contribution >= 4 is 17.5 Å². The largest absolute Gasteiger partial charge is 0.484 e. The Morgan fingerprint density at radius 2 is 1.71 bits per heavy atom. The molecule has 6 heteroatoms. The quantitative estimate of drug-likeness (QED) is 0.839. The number of piperidine rings is 1. The van der Waals surface area contributed by atoms with E-state index in [-0.39, 0.29) is 30.3 Å². The Balaban J connectivity index is 1.56. The third-order valence-corrected chi connectivity index (χ3v) is 5.08. The Labute approximate surface area is 164 Å². The van der Waals surface area contributed by atoms with Gasteiger partial charge in [-0.15, -0.1) is 0 Å². The summed E-state index contributed by atoms with van der Waals surface area (Å²) in [6, 6.07) is 12.9. The first kappa shape index (κ1) is 19.9. The highest BCUT2D eigenvalue weighted by atomic mass is 19.1. The van der Waals surface area contributed by atoms with Crippen molar-refractivity contribution in [2.24, 2.45) is 0 Å². The molecule has 28 heavy (non-hydrogen) atoms. The number of hydrogen-bond donors (Lipinski definition) is 1. The van der Waals surface area contributed by atoms with Crippen molar-refractivity contribution in [2.75, 3.05) is 11.9 Å². The molecular formula is C22H25FN2O3. The van der Waals surface area contributed by atoms with Crippen LogP contribution in [0.3, 0.4) is 0 Å². The van der Waals surface area contributed by atoms with Gasteiger partial charge in [0.2, 0.25) is 0 Å². The summed E-state index contributed by atoms with van der Waals surface area (Å²) in [5.74, 6) is -0.423. The minimum atomic E-state index is -0.490. The Kier molecular flexibility index (Phi) is 6.29. The zero-order valence-corrected chi connectivity index (χ0v) is 16.2. The molecule has 2 aromatic carbocycles. The van der Waals surface area contributed by atoms with E-state index < -0.39 is 11.7 Å². The van der Waals surface area contributed by atoms with Crippen LogP contribution in [-0.4, -0.2) is 35.4 Å². The van der Waals surface area contributed by atoms with Gasteiger partial charge in [-0.05, 0) is 69.5 Å². The lowest BCUT2D eigenvalue weighted by Gasteiger charge is -2.38. The van der Waals surface area contributed by atoms with Crippen LogP contribution in [0.2, 0.25) is 0 Å². The molecule has 2 unspecified atom stereocenters. The molecule has 0 aromatic heterocycles. The van der Waals surface area contributed by atoms with Crippen LogP contribution >= 0.6 is 0 Å². The van der Waals surface area contributed by atoms with Crippen molar-refractivity contribution in [1.29, 1.82) is 0 Å². The van der Waals surface area contributed by atoms with Crippen LogP contribution in [0.25, 0.3) is 0 Å². The van der Waals surface area contributed by atoms with Gasteiger partial charge in [-0.2, -0.15) is 0 Å². The summed E-state index contributed by atoms with van der Waals surface area (Å²) >= 11 is 0. The highest BCUT2D eigenvalue weighted by Gasteiger charge is 2.28. The number of anilines is 1. The van der Waals surface area contributed by atoms with Crippen molar-refractivity contribution < 1.29 is 18.7 Å². The molecule has 5 nitrogen and oxygen atoms in total. The van der Waals surface area contributed by atoms with Crippen molar-refractivity contribution in [3.05, 3.63) is 59.9 Å². The van der Waals surface area contributed by atoms with Gasteiger partial charge in [0, 0.05) is 17.6 Å². The minimum absolute atomic E-state index is 0.0268. The summed E-state index contributed by atoms with van der Waals surface area (Å²) in [5.41, 5.74) is 0.503. The fraction of sp³-hybridized carbons (Fsp3) is 0.364. The molecule has 1 fully saturated rings. The van der Waals surface area contributed by atoms with E-state index in [0.29, 0.717) is 11.3 Å². The molecule has 148 valence electrons. The minimum Gasteiger partial charge on any atom is -0.484 e. The first-order chi connectivity index (χ1) is 13.5. The predicted octanol–water partition coefficient (Wildman–Crippen LogP) is 4.25. The molecular weight excluding hydrogens is 359 g/mol. The van der Waals surface area contributed by atoms with Gasteiger partial charge in [-0.3, -0.25) is 9.59 Å². The van der Waals surface area contributed by atoms with Crippen LogP contribution in [-0.2, 0) is 4.79 Å². The number of carbonyl (C=O) groups is 2. The number of likely N-dealkylation sites (tertiary alicyclic amines) is 1. The molecule has 3 rings (SSSR count). The molecule has 1 aliphatic rings. The Morgan fingerprint density at radius 3 is 2.36 bits per heavy atom. The molecule has 1 heterocycles. The van der Waals surface area contributed by atoms with Crippen molar-refractivity contribution in [2.45, 2.75) is 45.2 Å². The van der Waals surface area contributed by atoms with Gasteiger partial charge in [-0.1, -0.05) is 12.1 Å². The molecule has 0 aliphatic carbocycles. The highest BCUT2D eigenvalue weighted by Crippen LogP contribution is 2.23. The Hall–Kier alpha value is -2.89. The topological polar surface area (TPSA) is 58.6 Å². The van der Waals surface area contributed by atoms with Crippen LogP contribution in [0.5, 0.6) is 5.75 Å². The second-order valence-corrected chi connectivity index (χ2v) is 7.18. The van der Waals surface area contributed by atoms with Crippen LogP contribution in [0.4, 0.5) is 10.1 Å². The molecule has 2 aromatic rings. The highest BCUT2D eigenvalue weighted by molar-refractivity contribution is 6.04. The normalized spacial score (nSPS) is 19.2. The molecule has 0 saturated carbocycles. The zero-order valence-electron chi connectivity index (χ0n) is 16.2. The van der Waals surface area contributed by atoms with E-state index in [0.717, 1.165) is 19.3 Å². The van der Waals surface area contributed by atoms with Crippen molar-refractivity contribution in [3.8, 4) is 5.75 Å². The van der Waals surface area contributed by atoms with Crippen molar-refractivity contribution in [3.63, 3.8) is 0 Å². The first-order valence-electron chi connectivity index (χ1n) is 9.55. The third kappa shape index (κ3) is 4.68. The molecule has 1 saturated heterocycles. The van der Waals surface area contributed by atoms with E-state index in [9.17, 15) is 14.0 Å². The lowest BCUT2D eigenvalue weighted by molar-refractivity contribution is -0.139. The molecule has 1 aliphatic heterocycles. The van der Waals surface area contributed by atoms with E-state index in [1.807, 2.05) is 4.90 Å². The van der Waals surface area contributed by atoms with E-state index in [1.165, 1.54) is 12.1 Å². The summed E-state index contributed by atoms with van der Waals surface area (Å²) in [6.45, 7) is 4.10. The van der Waals surface area contributed by atoms with Gasteiger partial charge in [-0.25, -0.2) is 4.39 Å². The number of hydrogen-bond acceptors (Lipinski definition) is 3. The van der Waals surface area contributed by atoms with Gasteiger partial charge < -0.3 is 15.0 Å².